The fraction of sp³-hybridized carbons (Fsp3) is 0.579. The van der Waals surface area contributed by atoms with Gasteiger partial charge in [0.15, 0.2) is 11.5 Å². The molecule has 1 N–H and O–H groups in total. The zero-order chi connectivity index (χ0) is 16.8. The van der Waals surface area contributed by atoms with Gasteiger partial charge in [-0.1, -0.05) is 18.2 Å². The first-order valence-electron chi connectivity index (χ1n) is 8.84. The number of nitrogens with zero attached hydrogens (tertiary/aromatic N) is 2. The van der Waals surface area contributed by atoms with E-state index in [9.17, 15) is 5.11 Å². The Bertz CT molecular complexity index is 556. The lowest BCUT2D eigenvalue weighted by molar-refractivity contribution is -0.00117. The van der Waals surface area contributed by atoms with Gasteiger partial charge in [0, 0.05) is 32.2 Å². The van der Waals surface area contributed by atoms with Crippen LogP contribution in [0, 0.1) is 0 Å². The summed E-state index contributed by atoms with van der Waals surface area (Å²) in [5.74, 6) is 0.696. The van der Waals surface area contributed by atoms with Crippen molar-refractivity contribution in [2.75, 3.05) is 53.0 Å². The van der Waals surface area contributed by atoms with Crippen LogP contribution in [0.3, 0.4) is 0 Å². The number of likely N-dealkylation sites (tertiary alicyclic amines) is 1. The molecule has 1 aromatic rings. The number of phenols is 1. The zero-order valence-electron chi connectivity index (χ0n) is 14.5. The molecule has 2 aliphatic rings. The number of hydrogen-bond acceptors (Lipinski definition) is 5. The number of benzene rings is 1. The van der Waals surface area contributed by atoms with Gasteiger partial charge in [0.25, 0.3) is 0 Å². The second-order valence-electron chi connectivity index (χ2n) is 6.54. The number of phenolic OH excluding ortho intramolecular Hbond substituents is 1. The summed E-state index contributed by atoms with van der Waals surface area (Å²) >= 11 is 0. The van der Waals surface area contributed by atoms with Crippen LogP contribution in [0.15, 0.2) is 24.3 Å². The molecule has 0 aromatic heterocycles. The highest BCUT2D eigenvalue weighted by Crippen LogP contribution is 2.26. The van der Waals surface area contributed by atoms with E-state index in [2.05, 4.69) is 22.0 Å². The predicted molar refractivity (Wildman–Crippen MR) is 95.5 cm³/mol. The number of rotatable bonds is 5. The Morgan fingerprint density at radius 1 is 1.29 bits per heavy atom. The second kappa shape index (κ2) is 8.51. The monoisotopic (exact) mass is 332 g/mol. The van der Waals surface area contributed by atoms with Crippen LogP contribution in [0.4, 0.5) is 0 Å². The standard InChI is InChI=1S/C19H28N2O3/c1-23-19-14-16(6-7-18(19)22)4-2-8-20-9-3-5-17(15-20)21-10-12-24-13-11-21/h2,4,6-7,14,17,22H,3,5,8-13,15H2,1H3/b4-2+/t17-/m1/s1. The highest BCUT2D eigenvalue weighted by atomic mass is 16.5. The maximum atomic E-state index is 9.65. The van der Waals surface area contributed by atoms with Crippen LogP contribution in [0.25, 0.3) is 6.08 Å². The van der Waals surface area contributed by atoms with Crippen LogP contribution in [-0.2, 0) is 4.74 Å². The average molecular weight is 332 g/mol. The third-order valence-electron chi connectivity index (χ3n) is 4.92. The lowest BCUT2D eigenvalue weighted by Gasteiger charge is -2.40. The number of hydrogen-bond donors (Lipinski definition) is 1. The van der Waals surface area contributed by atoms with Gasteiger partial charge in [-0.3, -0.25) is 9.80 Å². The molecular weight excluding hydrogens is 304 g/mol. The van der Waals surface area contributed by atoms with Crippen molar-refractivity contribution in [2.45, 2.75) is 18.9 Å². The molecule has 2 saturated heterocycles. The fourth-order valence-electron chi connectivity index (χ4n) is 3.57. The summed E-state index contributed by atoms with van der Waals surface area (Å²) in [6.45, 7) is 7.17. The quantitative estimate of drug-likeness (QED) is 0.896. The Hall–Kier alpha value is -1.56. The van der Waals surface area contributed by atoms with Crippen LogP contribution >= 0.6 is 0 Å². The van der Waals surface area contributed by atoms with Gasteiger partial charge in [-0.2, -0.15) is 0 Å². The molecule has 1 aromatic carbocycles. The molecule has 2 heterocycles. The molecule has 2 aliphatic heterocycles. The van der Waals surface area contributed by atoms with Gasteiger partial charge in [-0.25, -0.2) is 0 Å². The largest absolute Gasteiger partial charge is 0.504 e. The van der Waals surface area contributed by atoms with E-state index in [1.807, 2.05) is 12.1 Å². The van der Waals surface area contributed by atoms with Gasteiger partial charge in [0.2, 0.25) is 0 Å². The van der Waals surface area contributed by atoms with Crippen molar-refractivity contribution in [2.24, 2.45) is 0 Å². The molecule has 132 valence electrons. The molecule has 0 radical (unpaired) electrons. The minimum absolute atomic E-state index is 0.180. The first-order chi connectivity index (χ1) is 11.8. The Morgan fingerprint density at radius 3 is 2.92 bits per heavy atom. The van der Waals surface area contributed by atoms with E-state index in [0.29, 0.717) is 11.8 Å². The summed E-state index contributed by atoms with van der Waals surface area (Å²) in [6.07, 6.45) is 6.87. The van der Waals surface area contributed by atoms with Crippen molar-refractivity contribution >= 4 is 6.08 Å². The number of aromatic hydroxyl groups is 1. The summed E-state index contributed by atoms with van der Waals surface area (Å²) in [5.41, 5.74) is 1.05. The molecule has 0 bridgehead atoms. The molecule has 1 atom stereocenters. The van der Waals surface area contributed by atoms with Crippen molar-refractivity contribution in [1.82, 2.24) is 9.80 Å². The third-order valence-corrected chi connectivity index (χ3v) is 4.92. The lowest BCUT2D eigenvalue weighted by atomic mass is 10.0. The summed E-state index contributed by atoms with van der Waals surface area (Å²) in [5, 5.41) is 9.65. The Kier molecular flexibility index (Phi) is 6.12. The van der Waals surface area contributed by atoms with E-state index in [1.54, 1.807) is 13.2 Å². The van der Waals surface area contributed by atoms with E-state index in [-0.39, 0.29) is 5.75 Å². The van der Waals surface area contributed by atoms with Crippen LogP contribution in [0.2, 0.25) is 0 Å². The average Bonchev–Trinajstić information content (AvgIpc) is 2.64. The SMILES string of the molecule is COc1cc(/C=C/CN2CCC[C@@H](N3CCOCC3)C2)ccc1O. The van der Waals surface area contributed by atoms with E-state index in [0.717, 1.165) is 45.0 Å². The van der Waals surface area contributed by atoms with E-state index in [1.165, 1.54) is 19.4 Å². The summed E-state index contributed by atoms with van der Waals surface area (Å²) in [7, 11) is 1.57. The van der Waals surface area contributed by atoms with E-state index < -0.39 is 0 Å². The van der Waals surface area contributed by atoms with E-state index >= 15 is 0 Å². The number of piperidine rings is 1. The minimum atomic E-state index is 0.180. The van der Waals surface area contributed by atoms with Crippen molar-refractivity contribution in [3.63, 3.8) is 0 Å². The van der Waals surface area contributed by atoms with Crippen LogP contribution in [0.1, 0.15) is 18.4 Å². The highest BCUT2D eigenvalue weighted by Gasteiger charge is 2.25. The molecule has 0 saturated carbocycles. The maximum absolute atomic E-state index is 9.65. The van der Waals surface area contributed by atoms with Crippen molar-refractivity contribution < 1.29 is 14.6 Å². The van der Waals surface area contributed by atoms with Gasteiger partial charge in [0.05, 0.1) is 20.3 Å². The first kappa shape index (κ1) is 17.3. The zero-order valence-corrected chi connectivity index (χ0v) is 14.5. The molecule has 3 rings (SSSR count). The second-order valence-corrected chi connectivity index (χ2v) is 6.54. The van der Waals surface area contributed by atoms with Gasteiger partial charge in [-0.15, -0.1) is 0 Å². The Labute approximate surface area is 144 Å². The third kappa shape index (κ3) is 4.50. The fourth-order valence-corrected chi connectivity index (χ4v) is 3.57. The number of methoxy groups -OCH3 is 1. The summed E-state index contributed by atoms with van der Waals surface area (Å²) in [4.78, 5) is 5.11. The van der Waals surface area contributed by atoms with Crippen LogP contribution in [-0.4, -0.2) is 74.0 Å². The highest BCUT2D eigenvalue weighted by molar-refractivity contribution is 5.55. The van der Waals surface area contributed by atoms with E-state index in [4.69, 9.17) is 9.47 Å². The lowest BCUT2D eigenvalue weighted by Crippen LogP contribution is -2.51. The molecule has 2 fully saturated rings. The molecular formula is C19H28N2O3. The first-order valence-corrected chi connectivity index (χ1v) is 8.84. The molecule has 5 heteroatoms. The minimum Gasteiger partial charge on any atom is -0.504 e. The summed E-state index contributed by atoms with van der Waals surface area (Å²) < 4.78 is 10.6. The van der Waals surface area contributed by atoms with Crippen molar-refractivity contribution in [3.8, 4) is 11.5 Å². The van der Waals surface area contributed by atoms with Gasteiger partial charge < -0.3 is 14.6 Å². The van der Waals surface area contributed by atoms with Gasteiger partial charge in [-0.05, 0) is 37.1 Å². The predicted octanol–water partition coefficient (Wildman–Crippen LogP) is 2.21. The van der Waals surface area contributed by atoms with Gasteiger partial charge >= 0.3 is 0 Å². The normalized spacial score (nSPS) is 23.6. The molecule has 0 spiro atoms. The number of ether oxygens (including phenoxy) is 2. The van der Waals surface area contributed by atoms with Crippen LogP contribution < -0.4 is 4.74 Å². The molecule has 0 aliphatic carbocycles. The Morgan fingerprint density at radius 2 is 2.12 bits per heavy atom. The topological polar surface area (TPSA) is 45.2 Å². The molecule has 0 amide bonds. The number of morpholine rings is 1. The van der Waals surface area contributed by atoms with Crippen molar-refractivity contribution in [1.29, 1.82) is 0 Å². The molecule has 0 unspecified atom stereocenters. The van der Waals surface area contributed by atoms with Crippen LogP contribution in [0.5, 0.6) is 11.5 Å². The maximum Gasteiger partial charge on any atom is 0.161 e. The smallest absolute Gasteiger partial charge is 0.161 e. The Balaban J connectivity index is 1.52. The van der Waals surface area contributed by atoms with Gasteiger partial charge in [0.1, 0.15) is 0 Å². The molecule has 24 heavy (non-hydrogen) atoms. The summed E-state index contributed by atoms with van der Waals surface area (Å²) in [6, 6.07) is 6.11. The van der Waals surface area contributed by atoms with Crippen molar-refractivity contribution in [3.05, 3.63) is 29.8 Å². The molecule has 5 nitrogen and oxygen atoms in total.